The molecule has 0 spiro atoms. The van der Waals surface area contributed by atoms with Crippen molar-refractivity contribution in [3.05, 3.63) is 48.0 Å². The standard InChI is InChI=1S/C18H19NO5S/c1-3-23-17-6-4-5-7-18(17)24-25(21,22)15-8-9-16-14(12-15)10-11-19(16)13(2)20/h4-9,12H,3,10-11H2,1-2H3. The van der Waals surface area contributed by atoms with Gasteiger partial charge < -0.3 is 13.8 Å². The van der Waals surface area contributed by atoms with Gasteiger partial charge in [0, 0.05) is 19.2 Å². The molecule has 0 unspecified atom stereocenters. The highest BCUT2D eigenvalue weighted by Gasteiger charge is 2.26. The van der Waals surface area contributed by atoms with Crippen molar-refractivity contribution in [2.45, 2.75) is 25.2 Å². The number of anilines is 1. The van der Waals surface area contributed by atoms with Gasteiger partial charge in [0.25, 0.3) is 0 Å². The third-order valence-electron chi connectivity index (χ3n) is 3.96. The van der Waals surface area contributed by atoms with Crippen LogP contribution in [-0.2, 0) is 21.3 Å². The SMILES string of the molecule is CCOc1ccccc1OS(=O)(=O)c1ccc2c(c1)CCN2C(C)=O. The lowest BCUT2D eigenvalue weighted by Crippen LogP contribution is -2.25. The van der Waals surface area contributed by atoms with E-state index in [1.165, 1.54) is 13.0 Å². The van der Waals surface area contributed by atoms with Gasteiger partial charge in [-0.1, -0.05) is 12.1 Å². The lowest BCUT2D eigenvalue weighted by Gasteiger charge is -2.15. The Morgan fingerprint density at radius 2 is 1.88 bits per heavy atom. The smallest absolute Gasteiger partial charge is 0.339 e. The minimum atomic E-state index is -4.00. The number of rotatable bonds is 5. The van der Waals surface area contributed by atoms with Gasteiger partial charge in [-0.25, -0.2) is 0 Å². The molecule has 1 heterocycles. The molecule has 0 radical (unpaired) electrons. The normalized spacial score (nSPS) is 13.4. The number of benzene rings is 2. The summed E-state index contributed by atoms with van der Waals surface area (Å²) in [7, 11) is -4.00. The largest absolute Gasteiger partial charge is 0.490 e. The van der Waals surface area contributed by atoms with Gasteiger partial charge in [-0.15, -0.1) is 0 Å². The minimum absolute atomic E-state index is 0.0583. The maximum absolute atomic E-state index is 12.6. The summed E-state index contributed by atoms with van der Waals surface area (Å²) in [6.07, 6.45) is 0.619. The second kappa shape index (κ2) is 6.76. The first-order valence-electron chi connectivity index (χ1n) is 7.99. The zero-order chi connectivity index (χ0) is 18.0. The molecule has 1 aliphatic rings. The number of carbonyl (C=O) groups excluding carboxylic acids is 1. The van der Waals surface area contributed by atoms with Gasteiger partial charge in [0.2, 0.25) is 5.91 Å². The average molecular weight is 361 g/mol. The fourth-order valence-electron chi connectivity index (χ4n) is 2.82. The Morgan fingerprint density at radius 3 is 2.56 bits per heavy atom. The van der Waals surface area contributed by atoms with Gasteiger partial charge in [0.1, 0.15) is 4.90 Å². The van der Waals surface area contributed by atoms with E-state index in [1.807, 2.05) is 6.92 Å². The van der Waals surface area contributed by atoms with Crippen molar-refractivity contribution in [3.63, 3.8) is 0 Å². The van der Waals surface area contributed by atoms with Crippen molar-refractivity contribution in [3.8, 4) is 11.5 Å². The molecule has 0 aromatic heterocycles. The summed E-state index contributed by atoms with van der Waals surface area (Å²) in [4.78, 5) is 13.3. The maximum Gasteiger partial charge on any atom is 0.339 e. The molecule has 0 N–H and O–H groups in total. The van der Waals surface area contributed by atoms with Crippen LogP contribution in [0.5, 0.6) is 11.5 Å². The number of hydrogen-bond donors (Lipinski definition) is 0. The number of ether oxygens (including phenoxy) is 1. The van der Waals surface area contributed by atoms with E-state index in [2.05, 4.69) is 0 Å². The first kappa shape index (κ1) is 17.3. The summed E-state index contributed by atoms with van der Waals surface area (Å²) < 4.78 is 35.9. The topological polar surface area (TPSA) is 72.9 Å². The van der Waals surface area contributed by atoms with E-state index in [1.54, 1.807) is 41.3 Å². The fraction of sp³-hybridized carbons (Fsp3) is 0.278. The Morgan fingerprint density at radius 1 is 1.16 bits per heavy atom. The Kier molecular flexibility index (Phi) is 4.67. The van der Waals surface area contributed by atoms with E-state index in [0.717, 1.165) is 11.3 Å². The van der Waals surface area contributed by atoms with E-state index < -0.39 is 10.1 Å². The molecule has 0 saturated carbocycles. The van der Waals surface area contributed by atoms with Crippen LogP contribution in [0.3, 0.4) is 0 Å². The molecule has 2 aromatic carbocycles. The third kappa shape index (κ3) is 3.46. The van der Waals surface area contributed by atoms with Crippen LogP contribution < -0.4 is 13.8 Å². The molecule has 0 aliphatic carbocycles. The summed E-state index contributed by atoms with van der Waals surface area (Å²) >= 11 is 0. The molecule has 1 aliphatic heterocycles. The number of amides is 1. The lowest BCUT2D eigenvalue weighted by molar-refractivity contribution is -0.116. The van der Waals surface area contributed by atoms with Crippen molar-refractivity contribution in [1.82, 2.24) is 0 Å². The minimum Gasteiger partial charge on any atom is -0.490 e. The van der Waals surface area contributed by atoms with Crippen LogP contribution in [-0.4, -0.2) is 27.5 Å². The second-order valence-electron chi connectivity index (χ2n) is 5.63. The average Bonchev–Trinajstić information content (AvgIpc) is 3.00. The third-order valence-corrected chi connectivity index (χ3v) is 5.19. The molecular weight excluding hydrogens is 342 g/mol. The van der Waals surface area contributed by atoms with Crippen molar-refractivity contribution < 1.29 is 22.1 Å². The molecule has 6 nitrogen and oxygen atoms in total. The molecule has 0 saturated heterocycles. The second-order valence-corrected chi connectivity index (χ2v) is 7.17. The predicted octanol–water partition coefficient (Wildman–Crippen LogP) is 2.76. The molecule has 2 aromatic rings. The monoisotopic (exact) mass is 361 g/mol. The van der Waals surface area contributed by atoms with Gasteiger partial charge in [-0.3, -0.25) is 4.79 Å². The molecule has 3 rings (SSSR count). The molecular formula is C18H19NO5S. The molecule has 25 heavy (non-hydrogen) atoms. The number of fused-ring (bicyclic) bond motifs is 1. The van der Waals surface area contributed by atoms with E-state index in [0.29, 0.717) is 25.3 Å². The number of hydrogen-bond acceptors (Lipinski definition) is 5. The molecule has 0 atom stereocenters. The Labute approximate surface area is 147 Å². The fourth-order valence-corrected chi connectivity index (χ4v) is 3.81. The highest BCUT2D eigenvalue weighted by molar-refractivity contribution is 7.87. The van der Waals surface area contributed by atoms with Crippen LogP contribution in [0.15, 0.2) is 47.4 Å². The molecule has 1 amide bonds. The van der Waals surface area contributed by atoms with Gasteiger partial charge in [0.05, 0.1) is 6.61 Å². The van der Waals surface area contributed by atoms with Gasteiger partial charge in [-0.05, 0) is 49.2 Å². The lowest BCUT2D eigenvalue weighted by atomic mass is 10.2. The molecule has 0 fully saturated rings. The highest BCUT2D eigenvalue weighted by Crippen LogP contribution is 2.33. The summed E-state index contributed by atoms with van der Waals surface area (Å²) in [6, 6.07) is 11.3. The first-order chi connectivity index (χ1) is 11.9. The Bertz CT molecular complexity index is 907. The summed E-state index contributed by atoms with van der Waals surface area (Å²) in [5.74, 6) is 0.462. The van der Waals surface area contributed by atoms with Crippen molar-refractivity contribution in [2.75, 3.05) is 18.1 Å². The molecule has 7 heteroatoms. The zero-order valence-corrected chi connectivity index (χ0v) is 14.9. The van der Waals surface area contributed by atoms with Crippen LogP contribution in [0.4, 0.5) is 5.69 Å². The van der Waals surface area contributed by atoms with Gasteiger partial charge >= 0.3 is 10.1 Å². The highest BCUT2D eigenvalue weighted by atomic mass is 32.2. The van der Waals surface area contributed by atoms with Crippen LogP contribution in [0.25, 0.3) is 0 Å². The Hall–Kier alpha value is -2.54. The predicted molar refractivity (Wildman–Crippen MR) is 93.6 cm³/mol. The summed E-state index contributed by atoms with van der Waals surface area (Å²) in [6.45, 7) is 4.27. The quantitative estimate of drug-likeness (QED) is 0.766. The van der Waals surface area contributed by atoms with Crippen LogP contribution in [0.1, 0.15) is 19.4 Å². The van der Waals surface area contributed by atoms with Crippen molar-refractivity contribution in [2.24, 2.45) is 0 Å². The number of carbonyl (C=O) groups is 1. The zero-order valence-electron chi connectivity index (χ0n) is 14.1. The number of para-hydroxylation sites is 2. The molecule has 0 bridgehead atoms. The van der Waals surface area contributed by atoms with E-state index in [9.17, 15) is 13.2 Å². The number of nitrogens with zero attached hydrogens (tertiary/aromatic N) is 1. The van der Waals surface area contributed by atoms with Crippen LogP contribution in [0.2, 0.25) is 0 Å². The van der Waals surface area contributed by atoms with Gasteiger partial charge in [-0.2, -0.15) is 8.42 Å². The van der Waals surface area contributed by atoms with E-state index >= 15 is 0 Å². The van der Waals surface area contributed by atoms with Crippen molar-refractivity contribution >= 4 is 21.7 Å². The van der Waals surface area contributed by atoms with Gasteiger partial charge in [0.15, 0.2) is 11.5 Å². The van der Waals surface area contributed by atoms with Crippen LogP contribution in [0, 0.1) is 0 Å². The summed E-state index contributed by atoms with van der Waals surface area (Å²) in [5.41, 5.74) is 1.57. The first-order valence-corrected chi connectivity index (χ1v) is 9.40. The van der Waals surface area contributed by atoms with E-state index in [-0.39, 0.29) is 16.6 Å². The van der Waals surface area contributed by atoms with Crippen molar-refractivity contribution in [1.29, 1.82) is 0 Å². The molecule has 132 valence electrons. The van der Waals surface area contributed by atoms with Crippen LogP contribution >= 0.6 is 0 Å². The van der Waals surface area contributed by atoms with E-state index in [4.69, 9.17) is 8.92 Å². The Balaban J connectivity index is 1.91. The maximum atomic E-state index is 12.6. The summed E-state index contributed by atoms with van der Waals surface area (Å²) in [5, 5.41) is 0.